The molecule has 0 fully saturated rings. The van der Waals surface area contributed by atoms with Gasteiger partial charge < -0.3 is 11.5 Å². The molecular formula is C9H11F3N2. The molecule has 0 heterocycles. The lowest BCUT2D eigenvalue weighted by Crippen LogP contribution is -2.18. The highest BCUT2D eigenvalue weighted by Crippen LogP contribution is 2.22. The van der Waals surface area contributed by atoms with Gasteiger partial charge in [0.2, 0.25) is 0 Å². The lowest BCUT2D eigenvalue weighted by atomic mass is 10.0. The van der Waals surface area contributed by atoms with E-state index in [1.807, 2.05) is 0 Å². The number of hydrogen-bond donors (Lipinski definition) is 2. The van der Waals surface area contributed by atoms with Crippen molar-refractivity contribution in [3.05, 3.63) is 35.1 Å². The second-order valence-electron chi connectivity index (χ2n) is 2.94. The first-order valence-electron chi connectivity index (χ1n) is 4.17. The number of hydrogen-bond acceptors (Lipinski definition) is 2. The van der Waals surface area contributed by atoms with E-state index >= 15 is 0 Å². The van der Waals surface area contributed by atoms with Crippen LogP contribution in [0.1, 0.15) is 18.0 Å². The summed E-state index contributed by atoms with van der Waals surface area (Å²) < 4.78 is 38.9. The molecule has 2 nitrogen and oxygen atoms in total. The van der Waals surface area contributed by atoms with Crippen molar-refractivity contribution in [1.82, 2.24) is 0 Å². The Hall–Kier alpha value is -1.07. The van der Waals surface area contributed by atoms with Crippen LogP contribution in [-0.2, 0) is 0 Å². The third kappa shape index (κ3) is 2.05. The van der Waals surface area contributed by atoms with Crippen molar-refractivity contribution in [3.63, 3.8) is 0 Å². The standard InChI is InChI=1S/C9H11F3N2/c10-5-1-2-6(11)9(12)8(5)7(14)3-4-13/h1-2,7H,3-4,13-14H2/t7-/m0/s1. The number of benzene rings is 1. The van der Waals surface area contributed by atoms with Crippen LogP contribution in [-0.4, -0.2) is 6.54 Å². The molecule has 0 bridgehead atoms. The van der Waals surface area contributed by atoms with Crippen LogP contribution in [0.5, 0.6) is 0 Å². The van der Waals surface area contributed by atoms with Gasteiger partial charge in [-0.25, -0.2) is 13.2 Å². The minimum atomic E-state index is -1.23. The van der Waals surface area contributed by atoms with Crippen molar-refractivity contribution in [1.29, 1.82) is 0 Å². The molecule has 0 aliphatic rings. The fourth-order valence-corrected chi connectivity index (χ4v) is 1.21. The van der Waals surface area contributed by atoms with Crippen LogP contribution in [0, 0.1) is 17.5 Å². The van der Waals surface area contributed by atoms with Crippen molar-refractivity contribution >= 4 is 0 Å². The monoisotopic (exact) mass is 204 g/mol. The summed E-state index contributed by atoms with van der Waals surface area (Å²) in [7, 11) is 0. The van der Waals surface area contributed by atoms with Gasteiger partial charge in [0.05, 0.1) is 0 Å². The molecule has 0 saturated heterocycles. The second-order valence-corrected chi connectivity index (χ2v) is 2.94. The molecule has 1 aromatic rings. The SMILES string of the molecule is NCC[C@H](N)c1c(F)ccc(F)c1F. The van der Waals surface area contributed by atoms with Crippen LogP contribution >= 0.6 is 0 Å². The lowest BCUT2D eigenvalue weighted by Gasteiger charge is -2.12. The average molecular weight is 204 g/mol. The summed E-state index contributed by atoms with van der Waals surface area (Å²) in [6.07, 6.45) is 0.206. The average Bonchev–Trinajstić information content (AvgIpc) is 2.13. The zero-order valence-corrected chi connectivity index (χ0v) is 7.43. The van der Waals surface area contributed by atoms with Crippen molar-refractivity contribution in [2.24, 2.45) is 11.5 Å². The van der Waals surface area contributed by atoms with Crippen molar-refractivity contribution in [3.8, 4) is 0 Å². The van der Waals surface area contributed by atoms with Gasteiger partial charge >= 0.3 is 0 Å². The molecule has 0 aromatic heterocycles. The van der Waals surface area contributed by atoms with Gasteiger partial charge in [0.15, 0.2) is 11.6 Å². The smallest absolute Gasteiger partial charge is 0.166 e. The minimum absolute atomic E-state index is 0.191. The first-order valence-corrected chi connectivity index (χ1v) is 4.17. The van der Waals surface area contributed by atoms with Gasteiger partial charge in [-0.2, -0.15) is 0 Å². The van der Waals surface area contributed by atoms with Crippen LogP contribution in [0.3, 0.4) is 0 Å². The van der Waals surface area contributed by atoms with Gasteiger partial charge in [-0.1, -0.05) is 0 Å². The Balaban J connectivity index is 3.11. The summed E-state index contributed by atoms with van der Waals surface area (Å²) in [6, 6.07) is 0.670. The van der Waals surface area contributed by atoms with Crippen LogP contribution < -0.4 is 11.5 Å². The molecule has 1 aromatic carbocycles. The largest absolute Gasteiger partial charge is 0.330 e. The molecule has 78 valence electrons. The highest BCUT2D eigenvalue weighted by molar-refractivity contribution is 5.24. The molecule has 1 rings (SSSR count). The Morgan fingerprint density at radius 2 is 1.71 bits per heavy atom. The van der Waals surface area contributed by atoms with E-state index in [0.717, 1.165) is 12.1 Å². The van der Waals surface area contributed by atoms with Gasteiger partial charge in [-0.15, -0.1) is 0 Å². The van der Waals surface area contributed by atoms with E-state index in [9.17, 15) is 13.2 Å². The molecule has 0 unspecified atom stereocenters. The maximum absolute atomic E-state index is 13.1. The third-order valence-corrected chi connectivity index (χ3v) is 1.93. The summed E-state index contributed by atoms with van der Waals surface area (Å²) in [5.74, 6) is -3.18. The van der Waals surface area contributed by atoms with E-state index in [1.165, 1.54) is 0 Å². The number of rotatable bonds is 3. The normalized spacial score (nSPS) is 12.9. The van der Waals surface area contributed by atoms with Gasteiger partial charge in [0.1, 0.15) is 5.82 Å². The summed E-state index contributed by atoms with van der Waals surface area (Å²) in [5.41, 5.74) is 10.2. The molecule has 0 amide bonds. The first kappa shape index (κ1) is 11.0. The Kier molecular flexibility index (Phi) is 3.49. The predicted molar refractivity (Wildman–Crippen MR) is 46.9 cm³/mol. The van der Waals surface area contributed by atoms with Crippen LogP contribution in [0.25, 0.3) is 0 Å². The molecule has 0 aliphatic carbocycles. The summed E-state index contributed by atoms with van der Waals surface area (Å²) in [6.45, 7) is 0.191. The maximum Gasteiger partial charge on any atom is 0.166 e. The van der Waals surface area contributed by atoms with E-state index in [4.69, 9.17) is 11.5 Å². The van der Waals surface area contributed by atoms with Crippen molar-refractivity contribution in [2.45, 2.75) is 12.5 Å². The van der Waals surface area contributed by atoms with E-state index < -0.39 is 29.1 Å². The summed E-state index contributed by atoms with van der Waals surface area (Å²) >= 11 is 0. The van der Waals surface area contributed by atoms with Crippen LogP contribution in [0.4, 0.5) is 13.2 Å². The van der Waals surface area contributed by atoms with Crippen LogP contribution in [0.2, 0.25) is 0 Å². The Labute approximate surface area is 79.7 Å². The minimum Gasteiger partial charge on any atom is -0.330 e. The van der Waals surface area contributed by atoms with Crippen molar-refractivity contribution in [2.75, 3.05) is 6.54 Å². The van der Waals surface area contributed by atoms with E-state index in [0.29, 0.717) is 0 Å². The fraction of sp³-hybridized carbons (Fsp3) is 0.333. The molecule has 14 heavy (non-hydrogen) atoms. The van der Waals surface area contributed by atoms with Gasteiger partial charge in [-0.05, 0) is 25.1 Å². The lowest BCUT2D eigenvalue weighted by molar-refractivity contribution is 0.460. The van der Waals surface area contributed by atoms with Crippen molar-refractivity contribution < 1.29 is 13.2 Å². The molecule has 0 spiro atoms. The van der Waals surface area contributed by atoms with Gasteiger partial charge in [-0.3, -0.25) is 0 Å². The summed E-state index contributed by atoms with van der Waals surface area (Å²) in [5, 5.41) is 0. The zero-order chi connectivity index (χ0) is 10.7. The molecule has 0 radical (unpaired) electrons. The Morgan fingerprint density at radius 3 is 2.29 bits per heavy atom. The second kappa shape index (κ2) is 4.43. The topological polar surface area (TPSA) is 52.0 Å². The van der Waals surface area contributed by atoms with E-state index in [-0.39, 0.29) is 13.0 Å². The Bertz CT molecular complexity index is 328. The molecule has 0 saturated carbocycles. The van der Waals surface area contributed by atoms with Gasteiger partial charge in [0, 0.05) is 11.6 Å². The third-order valence-electron chi connectivity index (χ3n) is 1.93. The molecule has 1 atom stereocenters. The molecule has 0 aliphatic heterocycles. The summed E-state index contributed by atoms with van der Waals surface area (Å²) in [4.78, 5) is 0. The zero-order valence-electron chi connectivity index (χ0n) is 7.43. The predicted octanol–water partition coefficient (Wildman–Crippen LogP) is 1.45. The Morgan fingerprint density at radius 1 is 1.14 bits per heavy atom. The number of halogens is 3. The maximum atomic E-state index is 13.1. The van der Waals surface area contributed by atoms with Crippen LogP contribution in [0.15, 0.2) is 12.1 Å². The van der Waals surface area contributed by atoms with Gasteiger partial charge in [0.25, 0.3) is 0 Å². The van der Waals surface area contributed by atoms with E-state index in [1.54, 1.807) is 0 Å². The highest BCUT2D eigenvalue weighted by atomic mass is 19.2. The highest BCUT2D eigenvalue weighted by Gasteiger charge is 2.19. The molecule has 5 heteroatoms. The molecule has 4 N–H and O–H groups in total. The molecular weight excluding hydrogens is 193 g/mol. The quantitative estimate of drug-likeness (QED) is 0.732. The number of nitrogens with two attached hydrogens (primary N) is 2. The van der Waals surface area contributed by atoms with E-state index in [2.05, 4.69) is 0 Å². The fourth-order valence-electron chi connectivity index (χ4n) is 1.21. The first-order chi connectivity index (χ1) is 6.57.